The highest BCUT2D eigenvalue weighted by Gasteiger charge is 2.34. The van der Waals surface area contributed by atoms with E-state index in [4.69, 9.17) is 5.73 Å². The minimum absolute atomic E-state index is 0.347. The van der Waals surface area contributed by atoms with E-state index in [9.17, 15) is 0 Å². The zero-order valence-electron chi connectivity index (χ0n) is 8.71. The molecule has 1 aliphatic carbocycles. The number of nitrogens with two attached hydrogens (primary N) is 1. The number of fused-ring (bicyclic) bond motifs is 1. The van der Waals surface area contributed by atoms with Gasteiger partial charge in [-0.2, -0.15) is 0 Å². The van der Waals surface area contributed by atoms with Crippen LogP contribution in [0.1, 0.15) is 39.0 Å². The highest BCUT2D eigenvalue weighted by molar-refractivity contribution is 4.89. The molecule has 2 unspecified atom stereocenters. The molecule has 2 heteroatoms. The number of hydrogen-bond donors (Lipinski definition) is 1. The van der Waals surface area contributed by atoms with E-state index in [1.165, 1.54) is 38.6 Å². The fraction of sp³-hybridized carbons (Fsp3) is 1.00. The van der Waals surface area contributed by atoms with Gasteiger partial charge in [0.1, 0.15) is 0 Å². The highest BCUT2D eigenvalue weighted by atomic mass is 15.2. The van der Waals surface area contributed by atoms with E-state index in [-0.39, 0.29) is 0 Å². The average molecular weight is 182 g/mol. The molecule has 0 aromatic carbocycles. The van der Waals surface area contributed by atoms with Crippen molar-refractivity contribution in [1.29, 1.82) is 0 Å². The maximum atomic E-state index is 5.86. The van der Waals surface area contributed by atoms with Crippen molar-refractivity contribution in [2.24, 2.45) is 11.7 Å². The first-order valence-electron chi connectivity index (χ1n) is 5.77. The van der Waals surface area contributed by atoms with E-state index in [2.05, 4.69) is 11.8 Å². The lowest BCUT2D eigenvalue weighted by Crippen LogP contribution is -2.47. The van der Waals surface area contributed by atoms with Crippen molar-refractivity contribution in [2.45, 2.75) is 51.1 Å². The molecule has 0 bridgehead atoms. The zero-order valence-corrected chi connectivity index (χ0v) is 8.71. The maximum absolute atomic E-state index is 5.86. The maximum Gasteiger partial charge on any atom is 0.0139 e. The van der Waals surface area contributed by atoms with Crippen molar-refractivity contribution in [2.75, 3.05) is 13.1 Å². The first-order chi connectivity index (χ1) is 6.27. The van der Waals surface area contributed by atoms with E-state index in [1.54, 1.807) is 0 Å². The SMILES string of the molecule is C[C@@H](N)CN1CCCC2CCCC21. The summed E-state index contributed by atoms with van der Waals surface area (Å²) in [6, 6.07) is 1.24. The van der Waals surface area contributed by atoms with E-state index in [0.717, 1.165) is 18.5 Å². The molecule has 2 nitrogen and oxygen atoms in total. The van der Waals surface area contributed by atoms with Gasteiger partial charge in [-0.15, -0.1) is 0 Å². The van der Waals surface area contributed by atoms with Gasteiger partial charge >= 0.3 is 0 Å². The van der Waals surface area contributed by atoms with Gasteiger partial charge in [0.2, 0.25) is 0 Å². The first-order valence-corrected chi connectivity index (χ1v) is 5.77. The van der Waals surface area contributed by atoms with Gasteiger partial charge in [0.05, 0.1) is 0 Å². The van der Waals surface area contributed by atoms with Crippen LogP contribution in [-0.2, 0) is 0 Å². The summed E-state index contributed by atoms with van der Waals surface area (Å²) in [5, 5.41) is 0. The average Bonchev–Trinajstić information content (AvgIpc) is 2.51. The van der Waals surface area contributed by atoms with E-state index in [0.29, 0.717) is 6.04 Å². The number of nitrogens with zero attached hydrogens (tertiary/aromatic N) is 1. The standard InChI is InChI=1S/C11H22N2/c1-9(12)8-13-7-3-5-10-4-2-6-11(10)13/h9-11H,2-8,12H2,1H3/t9-,10?,11?/m1/s1. The molecular formula is C11H22N2. The fourth-order valence-electron chi connectivity index (χ4n) is 3.15. The molecule has 0 spiro atoms. The van der Waals surface area contributed by atoms with Crippen LogP contribution in [0.5, 0.6) is 0 Å². The largest absolute Gasteiger partial charge is 0.327 e. The smallest absolute Gasteiger partial charge is 0.0139 e. The second-order valence-electron chi connectivity index (χ2n) is 4.87. The third-order valence-corrected chi connectivity index (χ3v) is 3.63. The van der Waals surface area contributed by atoms with E-state index < -0.39 is 0 Å². The summed E-state index contributed by atoms with van der Waals surface area (Å²) < 4.78 is 0. The molecule has 2 rings (SSSR count). The molecule has 3 atom stereocenters. The Kier molecular flexibility index (Phi) is 2.89. The zero-order chi connectivity index (χ0) is 9.26. The quantitative estimate of drug-likeness (QED) is 0.703. The van der Waals surface area contributed by atoms with E-state index in [1.807, 2.05) is 0 Å². The lowest BCUT2D eigenvalue weighted by Gasteiger charge is -2.38. The lowest BCUT2D eigenvalue weighted by molar-refractivity contribution is 0.108. The van der Waals surface area contributed by atoms with Gasteiger partial charge in [0, 0.05) is 18.6 Å². The van der Waals surface area contributed by atoms with Crippen LogP contribution in [0, 0.1) is 5.92 Å². The molecule has 2 fully saturated rings. The van der Waals surface area contributed by atoms with Crippen LogP contribution >= 0.6 is 0 Å². The second kappa shape index (κ2) is 3.97. The Bertz CT molecular complexity index is 167. The molecule has 0 radical (unpaired) electrons. The van der Waals surface area contributed by atoms with Crippen molar-refractivity contribution < 1.29 is 0 Å². The van der Waals surface area contributed by atoms with Crippen LogP contribution in [0.4, 0.5) is 0 Å². The Labute approximate surface area is 81.5 Å². The summed E-state index contributed by atoms with van der Waals surface area (Å²) in [5.41, 5.74) is 5.86. The van der Waals surface area contributed by atoms with Crippen molar-refractivity contribution in [3.05, 3.63) is 0 Å². The topological polar surface area (TPSA) is 29.3 Å². The van der Waals surface area contributed by atoms with Gasteiger partial charge in [-0.3, -0.25) is 4.90 Å². The normalized spacial score (nSPS) is 37.4. The molecular weight excluding hydrogens is 160 g/mol. The van der Waals surface area contributed by atoms with Crippen LogP contribution in [0.15, 0.2) is 0 Å². The Hall–Kier alpha value is -0.0800. The Morgan fingerprint density at radius 2 is 2.08 bits per heavy atom. The van der Waals surface area contributed by atoms with Gasteiger partial charge in [-0.05, 0) is 45.1 Å². The van der Waals surface area contributed by atoms with Crippen LogP contribution in [0.25, 0.3) is 0 Å². The minimum atomic E-state index is 0.347. The van der Waals surface area contributed by atoms with Gasteiger partial charge < -0.3 is 5.73 Å². The molecule has 1 saturated carbocycles. The predicted octanol–water partition coefficient (Wildman–Crippen LogP) is 1.60. The third kappa shape index (κ3) is 2.05. The summed E-state index contributed by atoms with van der Waals surface area (Å²) >= 11 is 0. The number of likely N-dealkylation sites (tertiary alicyclic amines) is 1. The Morgan fingerprint density at radius 1 is 1.31 bits per heavy atom. The molecule has 0 aromatic heterocycles. The van der Waals surface area contributed by atoms with Crippen LogP contribution < -0.4 is 5.73 Å². The first kappa shape index (κ1) is 9.47. The minimum Gasteiger partial charge on any atom is -0.327 e. The fourth-order valence-corrected chi connectivity index (χ4v) is 3.15. The molecule has 1 saturated heterocycles. The van der Waals surface area contributed by atoms with Crippen molar-refractivity contribution in [1.82, 2.24) is 4.90 Å². The summed E-state index contributed by atoms with van der Waals surface area (Å²) in [6.07, 6.45) is 7.22. The molecule has 13 heavy (non-hydrogen) atoms. The van der Waals surface area contributed by atoms with Crippen LogP contribution in [0.3, 0.4) is 0 Å². The van der Waals surface area contributed by atoms with Crippen molar-refractivity contribution in [3.63, 3.8) is 0 Å². The summed E-state index contributed by atoms with van der Waals surface area (Å²) in [5.74, 6) is 1.01. The van der Waals surface area contributed by atoms with Gasteiger partial charge in [-0.25, -0.2) is 0 Å². The summed E-state index contributed by atoms with van der Waals surface area (Å²) in [6.45, 7) is 4.53. The van der Waals surface area contributed by atoms with Gasteiger partial charge in [0.15, 0.2) is 0 Å². The molecule has 76 valence electrons. The molecule has 1 heterocycles. The number of hydrogen-bond acceptors (Lipinski definition) is 2. The Morgan fingerprint density at radius 3 is 2.85 bits per heavy atom. The highest BCUT2D eigenvalue weighted by Crippen LogP contribution is 2.36. The Balaban J connectivity index is 1.93. The predicted molar refractivity (Wildman–Crippen MR) is 55.6 cm³/mol. The molecule has 2 aliphatic rings. The van der Waals surface area contributed by atoms with Crippen LogP contribution in [0.2, 0.25) is 0 Å². The number of rotatable bonds is 2. The van der Waals surface area contributed by atoms with Gasteiger partial charge in [-0.1, -0.05) is 6.42 Å². The lowest BCUT2D eigenvalue weighted by atomic mass is 9.92. The van der Waals surface area contributed by atoms with Crippen molar-refractivity contribution in [3.8, 4) is 0 Å². The second-order valence-corrected chi connectivity index (χ2v) is 4.87. The molecule has 0 amide bonds. The van der Waals surface area contributed by atoms with Gasteiger partial charge in [0.25, 0.3) is 0 Å². The molecule has 0 aromatic rings. The number of piperidine rings is 1. The van der Waals surface area contributed by atoms with Crippen LogP contribution in [-0.4, -0.2) is 30.1 Å². The molecule has 2 N–H and O–H groups in total. The van der Waals surface area contributed by atoms with E-state index >= 15 is 0 Å². The summed E-state index contributed by atoms with van der Waals surface area (Å²) in [4.78, 5) is 2.64. The monoisotopic (exact) mass is 182 g/mol. The molecule has 1 aliphatic heterocycles. The third-order valence-electron chi connectivity index (χ3n) is 3.63. The van der Waals surface area contributed by atoms with Crippen molar-refractivity contribution >= 4 is 0 Å². The summed E-state index contributed by atoms with van der Waals surface area (Å²) in [7, 11) is 0.